The van der Waals surface area contributed by atoms with Gasteiger partial charge in [0.1, 0.15) is 5.75 Å². The zero-order valence-corrected chi connectivity index (χ0v) is 6.63. The fourth-order valence-electron chi connectivity index (χ4n) is 1.21. The molecule has 0 saturated carbocycles. The predicted octanol–water partition coefficient (Wildman–Crippen LogP) is 2.77. The molecule has 0 spiro atoms. The minimum atomic E-state index is -2.77. The van der Waals surface area contributed by atoms with E-state index in [4.69, 9.17) is 0 Å². The molecule has 4 heteroatoms. The molecule has 68 valence electrons. The van der Waals surface area contributed by atoms with E-state index < -0.39 is 6.61 Å². The standard InChI is InChI=1S/C9H7F2NO/c10-9(11)13-7-1-2-8-6(5-7)3-4-12-8/h1-5,9,12H. The molecule has 0 aliphatic carbocycles. The number of benzene rings is 1. The van der Waals surface area contributed by atoms with Crippen LogP contribution in [0.1, 0.15) is 0 Å². The molecular weight excluding hydrogens is 176 g/mol. The van der Waals surface area contributed by atoms with Crippen LogP contribution in [0.3, 0.4) is 0 Å². The highest BCUT2D eigenvalue weighted by atomic mass is 19.3. The van der Waals surface area contributed by atoms with E-state index in [0.717, 1.165) is 10.9 Å². The number of H-pyrrole nitrogens is 1. The Kier molecular flexibility index (Phi) is 1.88. The molecular formula is C9H7F2NO. The first-order valence-corrected chi connectivity index (χ1v) is 3.77. The van der Waals surface area contributed by atoms with Crippen molar-refractivity contribution in [2.24, 2.45) is 0 Å². The van der Waals surface area contributed by atoms with Gasteiger partial charge in [0.2, 0.25) is 0 Å². The molecule has 0 atom stereocenters. The van der Waals surface area contributed by atoms with Crippen molar-refractivity contribution in [2.45, 2.75) is 6.61 Å². The highest BCUT2D eigenvalue weighted by Gasteiger charge is 2.04. The lowest BCUT2D eigenvalue weighted by atomic mass is 10.2. The van der Waals surface area contributed by atoms with Crippen LogP contribution in [0.25, 0.3) is 10.9 Å². The number of rotatable bonds is 2. The molecule has 0 radical (unpaired) electrons. The number of hydrogen-bond acceptors (Lipinski definition) is 1. The van der Waals surface area contributed by atoms with Gasteiger partial charge in [-0.1, -0.05) is 0 Å². The summed E-state index contributed by atoms with van der Waals surface area (Å²) < 4.78 is 27.9. The summed E-state index contributed by atoms with van der Waals surface area (Å²) in [4.78, 5) is 2.96. The Hall–Kier alpha value is -1.58. The Morgan fingerprint density at radius 3 is 2.85 bits per heavy atom. The van der Waals surface area contributed by atoms with Crippen LogP contribution in [-0.2, 0) is 0 Å². The summed E-state index contributed by atoms with van der Waals surface area (Å²) in [5, 5.41) is 0.859. The molecule has 2 aromatic rings. The molecule has 0 bridgehead atoms. The second-order valence-electron chi connectivity index (χ2n) is 2.61. The van der Waals surface area contributed by atoms with E-state index in [1.807, 2.05) is 0 Å². The molecule has 0 aliphatic heterocycles. The third-order valence-corrected chi connectivity index (χ3v) is 1.75. The van der Waals surface area contributed by atoms with E-state index in [2.05, 4.69) is 9.72 Å². The van der Waals surface area contributed by atoms with Crippen LogP contribution in [0.4, 0.5) is 8.78 Å². The summed E-state index contributed by atoms with van der Waals surface area (Å²) in [5.41, 5.74) is 0.904. The molecule has 2 rings (SSSR count). The van der Waals surface area contributed by atoms with Crippen LogP contribution >= 0.6 is 0 Å². The summed E-state index contributed by atoms with van der Waals surface area (Å²) in [6, 6.07) is 6.57. The average Bonchev–Trinajstić information content (AvgIpc) is 2.49. The van der Waals surface area contributed by atoms with E-state index >= 15 is 0 Å². The van der Waals surface area contributed by atoms with Crippen LogP contribution in [0.2, 0.25) is 0 Å². The SMILES string of the molecule is FC(F)Oc1ccc2[nH]ccc2c1. The molecule has 13 heavy (non-hydrogen) atoms. The molecule has 0 saturated heterocycles. The van der Waals surface area contributed by atoms with E-state index in [0.29, 0.717) is 0 Å². The van der Waals surface area contributed by atoms with Gasteiger partial charge in [0.05, 0.1) is 0 Å². The van der Waals surface area contributed by atoms with E-state index in [1.165, 1.54) is 6.07 Å². The molecule has 0 unspecified atom stereocenters. The number of nitrogens with one attached hydrogen (secondary N) is 1. The van der Waals surface area contributed by atoms with Crippen LogP contribution < -0.4 is 4.74 Å². The Morgan fingerprint density at radius 2 is 2.08 bits per heavy atom. The third-order valence-electron chi connectivity index (χ3n) is 1.75. The van der Waals surface area contributed by atoms with Gasteiger partial charge >= 0.3 is 6.61 Å². The van der Waals surface area contributed by atoms with Gasteiger partial charge in [-0.2, -0.15) is 8.78 Å². The topological polar surface area (TPSA) is 25.0 Å². The molecule has 0 aliphatic rings. The Balaban J connectivity index is 2.37. The minimum absolute atomic E-state index is 0.183. The van der Waals surface area contributed by atoms with Crippen LogP contribution in [0.5, 0.6) is 5.75 Å². The highest BCUT2D eigenvalue weighted by molar-refractivity contribution is 5.80. The number of ether oxygens (including phenoxy) is 1. The van der Waals surface area contributed by atoms with Gasteiger partial charge in [-0.25, -0.2) is 0 Å². The van der Waals surface area contributed by atoms with E-state index in [-0.39, 0.29) is 5.75 Å². The van der Waals surface area contributed by atoms with E-state index in [1.54, 1.807) is 24.4 Å². The lowest BCUT2D eigenvalue weighted by molar-refractivity contribution is -0.0497. The van der Waals surface area contributed by atoms with Gasteiger partial charge in [-0.3, -0.25) is 0 Å². The fraction of sp³-hybridized carbons (Fsp3) is 0.111. The number of halogens is 2. The summed E-state index contributed by atoms with van der Waals surface area (Å²) in [6.45, 7) is -2.77. The molecule has 0 fully saturated rings. The number of aromatic amines is 1. The van der Waals surface area contributed by atoms with Crippen molar-refractivity contribution in [1.29, 1.82) is 0 Å². The monoisotopic (exact) mass is 183 g/mol. The molecule has 0 amide bonds. The number of aromatic nitrogens is 1. The normalized spacial score (nSPS) is 11.0. The van der Waals surface area contributed by atoms with Gasteiger partial charge < -0.3 is 9.72 Å². The zero-order valence-electron chi connectivity index (χ0n) is 6.63. The first-order chi connectivity index (χ1) is 6.25. The zero-order chi connectivity index (χ0) is 9.26. The first kappa shape index (κ1) is 8.04. The maximum absolute atomic E-state index is 11.8. The smallest absolute Gasteiger partial charge is 0.387 e. The molecule has 1 aromatic carbocycles. The van der Waals surface area contributed by atoms with Crippen LogP contribution in [0, 0.1) is 0 Å². The van der Waals surface area contributed by atoms with Gasteiger partial charge in [0.15, 0.2) is 0 Å². The van der Waals surface area contributed by atoms with Crippen LogP contribution in [0.15, 0.2) is 30.5 Å². The number of fused-ring (bicyclic) bond motifs is 1. The Labute approximate surface area is 73.1 Å². The van der Waals surface area contributed by atoms with Crippen molar-refractivity contribution in [3.8, 4) is 5.75 Å². The Morgan fingerprint density at radius 1 is 1.23 bits per heavy atom. The van der Waals surface area contributed by atoms with Gasteiger partial charge in [-0.15, -0.1) is 0 Å². The lowest BCUT2D eigenvalue weighted by Crippen LogP contribution is -2.01. The Bertz CT molecular complexity index is 411. The molecule has 2 nitrogen and oxygen atoms in total. The number of hydrogen-bond donors (Lipinski definition) is 1. The molecule has 1 heterocycles. The molecule has 1 aromatic heterocycles. The molecule has 1 N–H and O–H groups in total. The highest BCUT2D eigenvalue weighted by Crippen LogP contribution is 2.20. The first-order valence-electron chi connectivity index (χ1n) is 3.77. The van der Waals surface area contributed by atoms with Gasteiger partial charge in [0, 0.05) is 17.1 Å². The quantitative estimate of drug-likeness (QED) is 0.760. The minimum Gasteiger partial charge on any atom is -0.435 e. The van der Waals surface area contributed by atoms with E-state index in [9.17, 15) is 8.78 Å². The maximum Gasteiger partial charge on any atom is 0.387 e. The summed E-state index contributed by atoms with van der Waals surface area (Å²) >= 11 is 0. The van der Waals surface area contributed by atoms with Crippen molar-refractivity contribution < 1.29 is 13.5 Å². The predicted molar refractivity (Wildman–Crippen MR) is 44.9 cm³/mol. The number of alkyl halides is 2. The van der Waals surface area contributed by atoms with Crippen molar-refractivity contribution in [1.82, 2.24) is 4.98 Å². The van der Waals surface area contributed by atoms with Crippen molar-refractivity contribution in [2.75, 3.05) is 0 Å². The summed E-state index contributed by atoms with van der Waals surface area (Å²) in [5.74, 6) is 0.183. The van der Waals surface area contributed by atoms with Gasteiger partial charge in [-0.05, 0) is 24.3 Å². The van der Waals surface area contributed by atoms with Crippen molar-refractivity contribution in [3.05, 3.63) is 30.5 Å². The second-order valence-corrected chi connectivity index (χ2v) is 2.61. The van der Waals surface area contributed by atoms with Crippen molar-refractivity contribution in [3.63, 3.8) is 0 Å². The summed E-state index contributed by atoms with van der Waals surface area (Å²) in [6.07, 6.45) is 1.75. The lowest BCUT2D eigenvalue weighted by Gasteiger charge is -2.03. The van der Waals surface area contributed by atoms with Gasteiger partial charge in [0.25, 0.3) is 0 Å². The average molecular weight is 183 g/mol. The summed E-state index contributed by atoms with van der Waals surface area (Å²) in [7, 11) is 0. The third kappa shape index (κ3) is 1.61. The largest absolute Gasteiger partial charge is 0.435 e. The maximum atomic E-state index is 11.8. The second kappa shape index (κ2) is 3.05. The van der Waals surface area contributed by atoms with Crippen LogP contribution in [-0.4, -0.2) is 11.6 Å². The fourth-order valence-corrected chi connectivity index (χ4v) is 1.21. The van der Waals surface area contributed by atoms with Crippen molar-refractivity contribution >= 4 is 10.9 Å².